The third-order valence-corrected chi connectivity index (χ3v) is 5.73. The molecule has 0 fully saturated rings. The number of benzene rings is 3. The Morgan fingerprint density at radius 3 is 1.69 bits per heavy atom. The molecule has 0 unspecified atom stereocenters. The van der Waals surface area contributed by atoms with Crippen LogP contribution in [0.1, 0.15) is 21.6 Å². The Morgan fingerprint density at radius 1 is 0.828 bits per heavy atom. The molecule has 0 aliphatic rings. The number of carbonyl (C=O) groups is 1. The van der Waals surface area contributed by atoms with Gasteiger partial charge in [-0.3, -0.25) is 4.79 Å². The molecule has 4 aromatic rings. The zero-order chi connectivity index (χ0) is 20.1. The molecule has 144 valence electrons. The lowest BCUT2D eigenvalue weighted by molar-refractivity contribution is -0.117. The zero-order valence-corrected chi connectivity index (χ0v) is 16.6. The highest BCUT2D eigenvalue weighted by molar-refractivity contribution is 7.15. The molecule has 0 aliphatic carbocycles. The minimum atomic E-state index is -0.633. The van der Waals surface area contributed by atoms with Crippen LogP contribution in [-0.2, 0) is 16.8 Å². The van der Waals surface area contributed by atoms with Gasteiger partial charge >= 0.3 is 0 Å². The first kappa shape index (κ1) is 18.9. The number of aromatic nitrogens is 1. The Hall–Kier alpha value is -3.44. The number of carbonyl (C=O) groups excluding carboxylic acids is 1. The fraction of sp³-hybridized carbons (Fsp3) is 0.0833. The van der Waals surface area contributed by atoms with Crippen molar-refractivity contribution in [3.8, 4) is 0 Å². The summed E-state index contributed by atoms with van der Waals surface area (Å²) in [5.74, 6) is -0.361. The molecule has 1 aromatic heterocycles. The summed E-state index contributed by atoms with van der Waals surface area (Å²) < 4.78 is 0. The van der Waals surface area contributed by atoms with E-state index in [1.165, 1.54) is 11.3 Å². The number of nitrogens with one attached hydrogen (secondary N) is 1. The first-order chi connectivity index (χ1) is 14.2. The smallest absolute Gasteiger partial charge is 0.222 e. The molecular formula is C24H21N3OS. The van der Waals surface area contributed by atoms with Crippen LogP contribution in [0.2, 0.25) is 0 Å². The molecule has 3 aromatic carbocycles. The topological polar surface area (TPSA) is 68.0 Å². The van der Waals surface area contributed by atoms with Crippen LogP contribution < -0.4 is 11.1 Å². The summed E-state index contributed by atoms with van der Waals surface area (Å²) in [7, 11) is 0. The van der Waals surface area contributed by atoms with E-state index in [-0.39, 0.29) is 12.3 Å². The van der Waals surface area contributed by atoms with E-state index in [1.807, 2.05) is 54.6 Å². The number of thiazole rings is 1. The number of primary amides is 1. The zero-order valence-electron chi connectivity index (χ0n) is 15.8. The van der Waals surface area contributed by atoms with Crippen molar-refractivity contribution in [2.75, 3.05) is 5.32 Å². The van der Waals surface area contributed by atoms with E-state index in [0.717, 1.165) is 26.7 Å². The van der Waals surface area contributed by atoms with Gasteiger partial charge < -0.3 is 11.1 Å². The molecule has 29 heavy (non-hydrogen) atoms. The number of amides is 1. The van der Waals surface area contributed by atoms with E-state index in [1.54, 1.807) is 6.20 Å². The lowest BCUT2D eigenvalue weighted by Gasteiger charge is -2.36. The summed E-state index contributed by atoms with van der Waals surface area (Å²) in [6, 6.07) is 31.0. The SMILES string of the molecule is NC(=O)Cc1cnc(NC(c2ccccc2)(c2ccccc2)c2ccccc2)s1. The first-order valence-corrected chi connectivity index (χ1v) is 10.2. The summed E-state index contributed by atoms with van der Waals surface area (Å²) in [4.78, 5) is 16.7. The molecule has 5 heteroatoms. The molecule has 1 heterocycles. The Morgan fingerprint density at radius 2 is 1.28 bits per heavy atom. The van der Waals surface area contributed by atoms with Crippen molar-refractivity contribution in [2.45, 2.75) is 12.0 Å². The van der Waals surface area contributed by atoms with E-state index in [9.17, 15) is 4.79 Å². The van der Waals surface area contributed by atoms with Gasteiger partial charge in [0.25, 0.3) is 0 Å². The standard InChI is InChI=1S/C24H21N3OS/c25-22(28)16-21-17-26-23(29-21)27-24(18-10-4-1-5-11-18,19-12-6-2-7-13-19)20-14-8-3-9-15-20/h1-15,17H,16H2,(H2,25,28)(H,26,27). The van der Waals surface area contributed by atoms with Gasteiger partial charge in [-0.1, -0.05) is 91.0 Å². The maximum absolute atomic E-state index is 11.3. The van der Waals surface area contributed by atoms with Crippen molar-refractivity contribution in [1.29, 1.82) is 0 Å². The highest BCUT2D eigenvalue weighted by Gasteiger charge is 2.37. The van der Waals surface area contributed by atoms with E-state index in [4.69, 9.17) is 5.73 Å². The van der Waals surface area contributed by atoms with E-state index in [2.05, 4.69) is 46.7 Å². The lowest BCUT2D eigenvalue weighted by atomic mass is 9.77. The van der Waals surface area contributed by atoms with Crippen LogP contribution in [0.5, 0.6) is 0 Å². The first-order valence-electron chi connectivity index (χ1n) is 9.36. The van der Waals surface area contributed by atoms with Crippen LogP contribution >= 0.6 is 11.3 Å². The predicted octanol–water partition coefficient (Wildman–Crippen LogP) is 4.57. The molecule has 0 aliphatic heterocycles. The van der Waals surface area contributed by atoms with E-state index in [0.29, 0.717) is 0 Å². The molecule has 3 N–H and O–H groups in total. The van der Waals surface area contributed by atoms with Crippen LogP contribution in [0.15, 0.2) is 97.2 Å². The number of hydrogen-bond acceptors (Lipinski definition) is 4. The molecule has 4 nitrogen and oxygen atoms in total. The molecule has 0 saturated carbocycles. The Balaban J connectivity index is 1.90. The van der Waals surface area contributed by atoms with Crippen LogP contribution in [0.3, 0.4) is 0 Å². The molecule has 1 amide bonds. The summed E-state index contributed by atoms with van der Waals surface area (Å²) in [5.41, 5.74) is 8.02. The Labute approximate surface area is 174 Å². The van der Waals surface area contributed by atoms with E-state index >= 15 is 0 Å². The molecule has 0 bridgehead atoms. The number of rotatable bonds is 7. The minimum Gasteiger partial charge on any atom is -0.369 e. The van der Waals surface area contributed by atoms with Crippen LogP contribution in [-0.4, -0.2) is 10.9 Å². The lowest BCUT2D eigenvalue weighted by Crippen LogP contribution is -2.38. The summed E-state index contributed by atoms with van der Waals surface area (Å²) >= 11 is 1.45. The Bertz CT molecular complexity index is 982. The summed E-state index contributed by atoms with van der Waals surface area (Å²) in [5, 5.41) is 4.42. The maximum Gasteiger partial charge on any atom is 0.222 e. The number of nitrogens with zero attached hydrogens (tertiary/aromatic N) is 1. The number of hydrogen-bond donors (Lipinski definition) is 2. The molecule has 4 rings (SSSR count). The van der Waals surface area contributed by atoms with E-state index < -0.39 is 5.54 Å². The molecule has 0 saturated heterocycles. The minimum absolute atomic E-state index is 0.189. The average molecular weight is 400 g/mol. The molecular weight excluding hydrogens is 378 g/mol. The predicted molar refractivity (Wildman–Crippen MR) is 118 cm³/mol. The fourth-order valence-corrected chi connectivity index (χ4v) is 4.44. The molecule has 0 radical (unpaired) electrons. The quantitative estimate of drug-likeness (QED) is 0.447. The second-order valence-corrected chi connectivity index (χ2v) is 7.86. The van der Waals surface area contributed by atoms with Crippen molar-refractivity contribution in [1.82, 2.24) is 4.98 Å². The van der Waals surface area contributed by atoms with Gasteiger partial charge in [0.2, 0.25) is 5.91 Å². The van der Waals surface area contributed by atoms with Crippen molar-refractivity contribution >= 4 is 22.4 Å². The number of nitrogens with two attached hydrogens (primary N) is 1. The highest BCUT2D eigenvalue weighted by Crippen LogP contribution is 2.40. The molecule has 0 spiro atoms. The number of anilines is 1. The monoisotopic (exact) mass is 399 g/mol. The van der Waals surface area contributed by atoms with Gasteiger partial charge in [-0.05, 0) is 16.7 Å². The van der Waals surface area contributed by atoms with Crippen LogP contribution in [0.25, 0.3) is 0 Å². The highest BCUT2D eigenvalue weighted by atomic mass is 32.1. The van der Waals surface area contributed by atoms with Crippen LogP contribution in [0, 0.1) is 0 Å². The van der Waals surface area contributed by atoms with Gasteiger partial charge in [-0.2, -0.15) is 0 Å². The second kappa shape index (κ2) is 8.29. The van der Waals surface area contributed by atoms with Crippen molar-refractivity contribution < 1.29 is 4.79 Å². The Kier molecular flexibility index (Phi) is 5.40. The van der Waals surface area contributed by atoms with Crippen molar-refractivity contribution in [2.24, 2.45) is 5.73 Å². The van der Waals surface area contributed by atoms with Crippen molar-refractivity contribution in [3.05, 3.63) is 119 Å². The van der Waals surface area contributed by atoms with Gasteiger partial charge in [0.1, 0.15) is 5.54 Å². The maximum atomic E-state index is 11.3. The van der Waals surface area contributed by atoms with Gasteiger partial charge in [0.05, 0.1) is 6.42 Å². The van der Waals surface area contributed by atoms with Gasteiger partial charge in [-0.15, -0.1) is 11.3 Å². The average Bonchev–Trinajstić information content (AvgIpc) is 3.20. The van der Waals surface area contributed by atoms with Crippen molar-refractivity contribution in [3.63, 3.8) is 0 Å². The molecule has 0 atom stereocenters. The summed E-state index contributed by atoms with van der Waals surface area (Å²) in [6.45, 7) is 0. The van der Waals surface area contributed by atoms with Gasteiger partial charge in [-0.25, -0.2) is 4.98 Å². The largest absolute Gasteiger partial charge is 0.369 e. The van der Waals surface area contributed by atoms with Crippen LogP contribution in [0.4, 0.5) is 5.13 Å². The third-order valence-electron chi connectivity index (χ3n) is 4.82. The third kappa shape index (κ3) is 3.91. The summed E-state index contributed by atoms with van der Waals surface area (Å²) in [6.07, 6.45) is 1.90. The van der Waals surface area contributed by atoms with Gasteiger partial charge in [0.15, 0.2) is 5.13 Å². The van der Waals surface area contributed by atoms with Gasteiger partial charge in [0, 0.05) is 11.1 Å². The normalized spacial score (nSPS) is 11.2. The fourth-order valence-electron chi connectivity index (χ4n) is 3.56. The second-order valence-electron chi connectivity index (χ2n) is 6.75.